The lowest BCUT2D eigenvalue weighted by Crippen LogP contribution is -2.58. The number of piperidine rings is 1. The van der Waals surface area contributed by atoms with Gasteiger partial charge in [0.15, 0.2) is 0 Å². The number of fused-ring (bicyclic) bond motifs is 1. The van der Waals surface area contributed by atoms with Gasteiger partial charge in [-0.2, -0.15) is 0 Å². The molecule has 2 aromatic rings. The SMILES string of the molecule is O=C1N[C@]2(CO1)C[C@H](C(=O)N1CCC(c3nc4ccccc4s3)CC1)C2. The molecule has 0 atom stereocenters. The van der Waals surface area contributed by atoms with Crippen LogP contribution in [-0.4, -0.2) is 47.1 Å². The molecule has 1 aromatic heterocycles. The molecule has 26 heavy (non-hydrogen) atoms. The van der Waals surface area contributed by atoms with Crippen molar-refractivity contribution in [1.82, 2.24) is 15.2 Å². The zero-order valence-electron chi connectivity index (χ0n) is 14.4. The lowest BCUT2D eigenvalue weighted by atomic mass is 9.68. The van der Waals surface area contributed by atoms with E-state index in [1.54, 1.807) is 11.3 Å². The molecule has 0 unspecified atom stereocenters. The smallest absolute Gasteiger partial charge is 0.407 e. The van der Waals surface area contributed by atoms with Crippen molar-refractivity contribution in [3.8, 4) is 0 Å². The fourth-order valence-electron chi connectivity index (χ4n) is 4.44. The molecule has 2 amide bonds. The highest BCUT2D eigenvalue weighted by molar-refractivity contribution is 7.18. The third kappa shape index (κ3) is 2.65. The number of nitrogens with zero attached hydrogens (tertiary/aromatic N) is 2. The lowest BCUT2D eigenvalue weighted by molar-refractivity contribution is -0.142. The Hall–Kier alpha value is -2.15. The molecule has 5 rings (SSSR count). The number of hydrogen-bond acceptors (Lipinski definition) is 5. The number of rotatable bonds is 2. The Morgan fingerprint density at radius 3 is 2.73 bits per heavy atom. The topological polar surface area (TPSA) is 71.5 Å². The molecule has 6 nitrogen and oxygen atoms in total. The van der Waals surface area contributed by atoms with E-state index in [0.29, 0.717) is 25.4 Å². The number of cyclic esters (lactones) is 1. The van der Waals surface area contributed by atoms with E-state index in [9.17, 15) is 9.59 Å². The zero-order chi connectivity index (χ0) is 17.7. The van der Waals surface area contributed by atoms with Gasteiger partial charge in [0.05, 0.1) is 20.8 Å². The third-order valence-electron chi connectivity index (χ3n) is 5.94. The van der Waals surface area contributed by atoms with Crippen LogP contribution in [-0.2, 0) is 9.53 Å². The Morgan fingerprint density at radius 1 is 1.27 bits per heavy atom. The van der Waals surface area contributed by atoms with Crippen molar-refractivity contribution in [3.05, 3.63) is 29.3 Å². The van der Waals surface area contributed by atoms with Gasteiger partial charge in [-0.25, -0.2) is 9.78 Å². The third-order valence-corrected chi connectivity index (χ3v) is 7.14. The number of hydrogen-bond donors (Lipinski definition) is 1. The average molecular weight is 371 g/mol. The van der Waals surface area contributed by atoms with Gasteiger partial charge >= 0.3 is 6.09 Å². The first kappa shape index (κ1) is 16.1. The molecule has 2 saturated heterocycles. The molecule has 1 spiro atoms. The summed E-state index contributed by atoms with van der Waals surface area (Å²) in [5.74, 6) is 0.710. The first-order valence-electron chi connectivity index (χ1n) is 9.21. The van der Waals surface area contributed by atoms with Crippen molar-refractivity contribution < 1.29 is 14.3 Å². The minimum Gasteiger partial charge on any atom is -0.447 e. The Morgan fingerprint density at radius 2 is 2.04 bits per heavy atom. The average Bonchev–Trinajstić information content (AvgIpc) is 3.23. The van der Waals surface area contributed by atoms with Crippen molar-refractivity contribution in [2.45, 2.75) is 37.1 Å². The first-order valence-corrected chi connectivity index (χ1v) is 10.0. The summed E-state index contributed by atoms with van der Waals surface area (Å²) in [5.41, 5.74) is 0.795. The highest BCUT2D eigenvalue weighted by atomic mass is 32.1. The Labute approximate surface area is 155 Å². The molecule has 1 N–H and O–H groups in total. The van der Waals surface area contributed by atoms with Crippen molar-refractivity contribution in [1.29, 1.82) is 0 Å². The van der Waals surface area contributed by atoms with E-state index in [2.05, 4.69) is 23.5 Å². The van der Waals surface area contributed by atoms with Crippen LogP contribution in [0.2, 0.25) is 0 Å². The van der Waals surface area contributed by atoms with E-state index in [-0.39, 0.29) is 23.5 Å². The fourth-order valence-corrected chi connectivity index (χ4v) is 5.58. The van der Waals surface area contributed by atoms with E-state index in [1.807, 2.05) is 11.0 Å². The van der Waals surface area contributed by atoms with Crippen molar-refractivity contribution in [2.24, 2.45) is 5.92 Å². The number of carbonyl (C=O) groups excluding carboxylic acids is 2. The Bertz CT molecular complexity index is 833. The quantitative estimate of drug-likeness (QED) is 0.881. The van der Waals surface area contributed by atoms with E-state index in [0.717, 1.165) is 31.4 Å². The predicted molar refractivity (Wildman–Crippen MR) is 98.1 cm³/mol. The normalized spacial score (nSPS) is 28.8. The molecule has 0 radical (unpaired) electrons. The number of likely N-dealkylation sites (tertiary alicyclic amines) is 1. The molecule has 7 heteroatoms. The standard InChI is InChI=1S/C19H21N3O3S/c23-17(13-9-19(10-13)11-25-18(24)21-19)22-7-5-12(6-8-22)16-20-14-3-1-2-4-15(14)26-16/h1-4,12-13H,5-11H2,(H,21,24)/t13-,19+. The maximum absolute atomic E-state index is 12.7. The maximum Gasteiger partial charge on any atom is 0.407 e. The van der Waals surface area contributed by atoms with Gasteiger partial charge in [-0.3, -0.25) is 4.79 Å². The van der Waals surface area contributed by atoms with Gasteiger partial charge in [0, 0.05) is 24.9 Å². The van der Waals surface area contributed by atoms with Crippen LogP contribution in [0.15, 0.2) is 24.3 Å². The molecule has 3 heterocycles. The van der Waals surface area contributed by atoms with Gasteiger partial charge in [0.25, 0.3) is 0 Å². The van der Waals surface area contributed by atoms with Crippen LogP contribution in [0.1, 0.15) is 36.6 Å². The van der Waals surface area contributed by atoms with E-state index in [4.69, 9.17) is 9.72 Å². The second kappa shape index (κ2) is 5.94. The molecular formula is C19H21N3O3S. The molecule has 0 bridgehead atoms. The van der Waals surface area contributed by atoms with Crippen molar-refractivity contribution >= 4 is 33.6 Å². The number of benzene rings is 1. The monoisotopic (exact) mass is 371 g/mol. The molecule has 1 aromatic carbocycles. The Kier molecular flexibility index (Phi) is 3.67. The Balaban J connectivity index is 1.18. The van der Waals surface area contributed by atoms with Crippen LogP contribution < -0.4 is 5.32 Å². The van der Waals surface area contributed by atoms with Gasteiger partial charge in [-0.1, -0.05) is 12.1 Å². The summed E-state index contributed by atoms with van der Waals surface area (Å²) >= 11 is 1.78. The molecular weight excluding hydrogens is 350 g/mol. The number of amides is 2. The van der Waals surface area contributed by atoms with Crippen molar-refractivity contribution in [2.75, 3.05) is 19.7 Å². The number of ether oxygens (including phenoxy) is 1. The van der Waals surface area contributed by atoms with Crippen molar-refractivity contribution in [3.63, 3.8) is 0 Å². The number of aromatic nitrogens is 1. The number of para-hydroxylation sites is 1. The number of thiazole rings is 1. The maximum atomic E-state index is 12.7. The summed E-state index contributed by atoms with van der Waals surface area (Å²) < 4.78 is 6.23. The predicted octanol–water partition coefficient (Wildman–Crippen LogP) is 2.89. The highest BCUT2D eigenvalue weighted by Gasteiger charge is 2.53. The van der Waals surface area contributed by atoms with Gasteiger partial charge in [0.2, 0.25) is 5.91 Å². The summed E-state index contributed by atoms with van der Waals surface area (Å²) in [5, 5.41) is 4.06. The summed E-state index contributed by atoms with van der Waals surface area (Å²) in [6.07, 6.45) is 3.00. The second-order valence-corrected chi connectivity index (χ2v) is 8.77. The molecule has 1 aliphatic carbocycles. The van der Waals surface area contributed by atoms with Gasteiger partial charge in [0.1, 0.15) is 6.61 Å². The summed E-state index contributed by atoms with van der Waals surface area (Å²) in [6.45, 7) is 1.99. The molecule has 3 aliphatic rings. The minimum atomic E-state index is -0.354. The highest BCUT2D eigenvalue weighted by Crippen LogP contribution is 2.42. The molecule has 3 fully saturated rings. The van der Waals surface area contributed by atoms with Gasteiger partial charge < -0.3 is 15.0 Å². The van der Waals surface area contributed by atoms with E-state index < -0.39 is 0 Å². The van der Waals surface area contributed by atoms with Crippen LogP contribution in [0.3, 0.4) is 0 Å². The van der Waals surface area contributed by atoms with Gasteiger partial charge in [-0.15, -0.1) is 11.3 Å². The fraction of sp³-hybridized carbons (Fsp3) is 0.526. The van der Waals surface area contributed by atoms with Crippen LogP contribution in [0, 0.1) is 5.92 Å². The molecule has 1 saturated carbocycles. The minimum absolute atomic E-state index is 0.0241. The van der Waals surface area contributed by atoms with E-state index in [1.165, 1.54) is 9.71 Å². The molecule has 2 aliphatic heterocycles. The second-order valence-electron chi connectivity index (χ2n) is 7.71. The zero-order valence-corrected chi connectivity index (χ0v) is 15.3. The first-order chi connectivity index (χ1) is 12.6. The lowest BCUT2D eigenvalue weighted by Gasteiger charge is -2.44. The number of carbonyl (C=O) groups is 2. The van der Waals surface area contributed by atoms with Gasteiger partial charge in [-0.05, 0) is 37.8 Å². The van der Waals surface area contributed by atoms with Crippen LogP contribution in [0.25, 0.3) is 10.2 Å². The summed E-state index contributed by atoms with van der Waals surface area (Å²) in [7, 11) is 0. The van der Waals surface area contributed by atoms with Crippen LogP contribution in [0.5, 0.6) is 0 Å². The van der Waals surface area contributed by atoms with E-state index >= 15 is 0 Å². The number of alkyl carbamates (subject to hydrolysis) is 1. The summed E-state index contributed by atoms with van der Waals surface area (Å²) in [6, 6.07) is 8.25. The van der Waals surface area contributed by atoms with Crippen LogP contribution >= 0.6 is 11.3 Å². The van der Waals surface area contributed by atoms with Crippen LogP contribution in [0.4, 0.5) is 4.79 Å². The number of nitrogens with one attached hydrogen (secondary N) is 1. The largest absolute Gasteiger partial charge is 0.447 e. The molecule has 136 valence electrons. The summed E-state index contributed by atoms with van der Waals surface area (Å²) in [4.78, 5) is 30.8.